The van der Waals surface area contributed by atoms with Crippen LogP contribution in [-0.2, 0) is 5.60 Å². The average molecular weight is 249 g/mol. The molecular formula is C14H23N3O. The molecule has 0 spiro atoms. The van der Waals surface area contributed by atoms with E-state index >= 15 is 0 Å². The van der Waals surface area contributed by atoms with Crippen LogP contribution in [0.15, 0.2) is 12.3 Å². The Morgan fingerprint density at radius 3 is 2.78 bits per heavy atom. The monoisotopic (exact) mass is 249 g/mol. The Morgan fingerprint density at radius 1 is 1.44 bits per heavy atom. The van der Waals surface area contributed by atoms with Crippen LogP contribution in [-0.4, -0.2) is 38.4 Å². The van der Waals surface area contributed by atoms with Gasteiger partial charge in [0.2, 0.25) is 0 Å². The van der Waals surface area contributed by atoms with Gasteiger partial charge >= 0.3 is 0 Å². The topological polar surface area (TPSA) is 41.3 Å². The second-order valence-electron chi connectivity index (χ2n) is 6.24. The maximum atomic E-state index is 11.0. The van der Waals surface area contributed by atoms with E-state index in [1.165, 1.54) is 12.8 Å². The highest BCUT2D eigenvalue weighted by Gasteiger charge is 2.48. The molecule has 1 aromatic rings. The minimum Gasteiger partial charge on any atom is -0.382 e. The van der Waals surface area contributed by atoms with Crippen molar-refractivity contribution in [1.29, 1.82) is 0 Å². The smallest absolute Gasteiger partial charge is 0.120 e. The van der Waals surface area contributed by atoms with Crippen molar-refractivity contribution in [3.05, 3.63) is 18.0 Å². The lowest BCUT2D eigenvalue weighted by molar-refractivity contribution is 0.0349. The summed E-state index contributed by atoms with van der Waals surface area (Å²) in [5, 5.41) is 15.4. The third-order valence-corrected chi connectivity index (χ3v) is 4.30. The number of likely N-dealkylation sites (tertiary alicyclic amines) is 1. The Morgan fingerprint density at radius 2 is 2.17 bits per heavy atom. The van der Waals surface area contributed by atoms with E-state index < -0.39 is 5.60 Å². The summed E-state index contributed by atoms with van der Waals surface area (Å²) in [4.78, 5) is 2.47. The summed E-state index contributed by atoms with van der Waals surface area (Å²) < 4.78 is 1.96. The van der Waals surface area contributed by atoms with E-state index in [2.05, 4.69) is 30.8 Å². The highest BCUT2D eigenvalue weighted by Crippen LogP contribution is 2.41. The first-order valence-electron chi connectivity index (χ1n) is 7.03. The third-order valence-electron chi connectivity index (χ3n) is 4.30. The van der Waals surface area contributed by atoms with E-state index in [0.29, 0.717) is 18.1 Å². The van der Waals surface area contributed by atoms with Gasteiger partial charge in [0.25, 0.3) is 0 Å². The van der Waals surface area contributed by atoms with Crippen LogP contribution >= 0.6 is 0 Å². The molecule has 100 valence electrons. The highest BCUT2D eigenvalue weighted by atomic mass is 16.3. The molecule has 1 saturated carbocycles. The van der Waals surface area contributed by atoms with Crippen molar-refractivity contribution in [3.8, 4) is 0 Å². The molecule has 2 heterocycles. The molecule has 2 fully saturated rings. The normalized spacial score (nSPS) is 33.5. The van der Waals surface area contributed by atoms with Crippen molar-refractivity contribution in [3.63, 3.8) is 0 Å². The van der Waals surface area contributed by atoms with E-state index in [4.69, 9.17) is 0 Å². The number of hydrogen-bond donors (Lipinski definition) is 1. The molecule has 0 amide bonds. The molecular weight excluding hydrogens is 226 g/mol. The zero-order valence-electron chi connectivity index (χ0n) is 11.5. The minimum absolute atomic E-state index is 0.296. The number of hydrogen-bond acceptors (Lipinski definition) is 3. The lowest BCUT2D eigenvalue weighted by Gasteiger charge is -2.25. The summed E-state index contributed by atoms with van der Waals surface area (Å²) in [7, 11) is 0. The van der Waals surface area contributed by atoms with Gasteiger partial charge < -0.3 is 5.11 Å². The van der Waals surface area contributed by atoms with E-state index in [9.17, 15) is 5.11 Å². The van der Waals surface area contributed by atoms with Gasteiger partial charge in [-0.1, -0.05) is 0 Å². The molecule has 2 aliphatic rings. The van der Waals surface area contributed by atoms with E-state index in [1.807, 2.05) is 10.7 Å². The summed E-state index contributed by atoms with van der Waals surface area (Å²) in [5.41, 5.74) is 0.260. The predicted molar refractivity (Wildman–Crippen MR) is 70.3 cm³/mol. The molecule has 0 radical (unpaired) electrons. The third kappa shape index (κ3) is 1.88. The van der Waals surface area contributed by atoms with Gasteiger partial charge in [-0.3, -0.25) is 9.58 Å². The molecule has 0 aromatic carbocycles. The molecule has 1 aliphatic carbocycles. The Kier molecular flexibility index (Phi) is 2.75. The molecule has 1 aliphatic heterocycles. The molecule has 1 N–H and O–H groups in total. The molecule has 0 bridgehead atoms. The van der Waals surface area contributed by atoms with Gasteiger partial charge in [-0.25, -0.2) is 0 Å². The molecule has 3 rings (SSSR count). The van der Waals surface area contributed by atoms with Crippen LogP contribution in [0.1, 0.15) is 51.8 Å². The van der Waals surface area contributed by atoms with Crippen molar-refractivity contribution in [2.45, 2.75) is 63.8 Å². The number of rotatable bonds is 3. The number of β-amino-alcohol motifs (C(OH)–C–C–N with tert-alkyl or cyclic N) is 1. The molecule has 1 saturated heterocycles. The predicted octanol–water partition coefficient (Wildman–Crippen LogP) is 1.91. The van der Waals surface area contributed by atoms with Crippen molar-refractivity contribution in [2.24, 2.45) is 0 Å². The Bertz CT molecular complexity index is 438. The van der Waals surface area contributed by atoms with E-state index in [1.54, 1.807) is 6.20 Å². The summed E-state index contributed by atoms with van der Waals surface area (Å²) in [5.74, 6) is 0. The number of aromatic nitrogens is 2. The van der Waals surface area contributed by atoms with E-state index in [0.717, 1.165) is 18.7 Å². The first-order valence-corrected chi connectivity index (χ1v) is 7.03. The van der Waals surface area contributed by atoms with Gasteiger partial charge in [0, 0.05) is 30.9 Å². The Labute approximate surface area is 109 Å². The van der Waals surface area contributed by atoms with Crippen molar-refractivity contribution < 1.29 is 5.11 Å². The zero-order chi connectivity index (χ0) is 12.9. The fourth-order valence-corrected chi connectivity index (χ4v) is 3.30. The Balaban J connectivity index is 1.88. The van der Waals surface area contributed by atoms with Crippen LogP contribution in [0.25, 0.3) is 0 Å². The van der Waals surface area contributed by atoms with Gasteiger partial charge in [0.05, 0.1) is 5.69 Å². The van der Waals surface area contributed by atoms with Crippen molar-refractivity contribution >= 4 is 0 Å². The summed E-state index contributed by atoms with van der Waals surface area (Å²) in [6.45, 7) is 7.21. The second-order valence-corrected chi connectivity index (χ2v) is 6.24. The van der Waals surface area contributed by atoms with Crippen LogP contribution in [0, 0.1) is 0 Å². The van der Waals surface area contributed by atoms with Gasteiger partial charge in [0.1, 0.15) is 5.60 Å². The van der Waals surface area contributed by atoms with E-state index in [-0.39, 0.29) is 0 Å². The largest absolute Gasteiger partial charge is 0.382 e. The number of nitrogens with zero attached hydrogens (tertiary/aromatic N) is 3. The van der Waals surface area contributed by atoms with Gasteiger partial charge in [0.15, 0.2) is 0 Å². The maximum Gasteiger partial charge on any atom is 0.120 e. The average Bonchev–Trinajstić information content (AvgIpc) is 2.90. The summed E-state index contributed by atoms with van der Waals surface area (Å²) >= 11 is 0. The summed E-state index contributed by atoms with van der Waals surface area (Å²) in [6.07, 6.45) is 5.22. The van der Waals surface area contributed by atoms with Crippen molar-refractivity contribution in [2.75, 3.05) is 6.54 Å². The highest BCUT2D eigenvalue weighted by molar-refractivity contribution is 5.18. The zero-order valence-corrected chi connectivity index (χ0v) is 11.5. The minimum atomic E-state index is -0.719. The van der Waals surface area contributed by atoms with Crippen molar-refractivity contribution in [1.82, 2.24) is 14.7 Å². The lowest BCUT2D eigenvalue weighted by atomic mass is 9.96. The maximum absolute atomic E-state index is 11.0. The molecule has 18 heavy (non-hydrogen) atoms. The fourth-order valence-electron chi connectivity index (χ4n) is 3.30. The quantitative estimate of drug-likeness (QED) is 0.889. The molecule has 2 unspecified atom stereocenters. The molecule has 1 aromatic heterocycles. The van der Waals surface area contributed by atoms with Crippen LogP contribution in [0.5, 0.6) is 0 Å². The summed E-state index contributed by atoms with van der Waals surface area (Å²) in [6, 6.07) is 3.45. The van der Waals surface area contributed by atoms with Crippen LogP contribution in [0.3, 0.4) is 0 Å². The first kappa shape index (κ1) is 12.2. The van der Waals surface area contributed by atoms with Crippen LogP contribution in [0.4, 0.5) is 0 Å². The standard InChI is InChI=1S/C14H23N3O/c1-10(2)17-13(6-7-15-17)14(18)8-11(3)16(9-14)12-4-5-12/h6-7,10-12,18H,4-5,8-9H2,1-3H3. The number of aliphatic hydroxyl groups is 1. The molecule has 4 heteroatoms. The first-order chi connectivity index (χ1) is 8.51. The Hall–Kier alpha value is -0.870. The van der Waals surface area contributed by atoms with Gasteiger partial charge in [-0.05, 0) is 46.1 Å². The molecule has 2 atom stereocenters. The van der Waals surface area contributed by atoms with Gasteiger partial charge in [-0.2, -0.15) is 5.10 Å². The van der Waals surface area contributed by atoms with Crippen LogP contribution < -0.4 is 0 Å². The van der Waals surface area contributed by atoms with Gasteiger partial charge in [-0.15, -0.1) is 0 Å². The lowest BCUT2D eigenvalue weighted by Crippen LogP contribution is -2.35. The fraction of sp³-hybridized carbons (Fsp3) is 0.786. The second kappa shape index (κ2) is 4.07. The molecule has 4 nitrogen and oxygen atoms in total. The van der Waals surface area contributed by atoms with Crippen LogP contribution in [0.2, 0.25) is 0 Å². The SMILES string of the molecule is CC1CC(O)(c2ccnn2C(C)C)CN1C1CC1.